The second-order valence-corrected chi connectivity index (χ2v) is 8.90. The average molecular weight is 381 g/mol. The summed E-state index contributed by atoms with van der Waals surface area (Å²) >= 11 is 0. The maximum absolute atomic E-state index is 12.4. The largest absolute Gasteiger partial charge is 0.480 e. The Morgan fingerprint density at radius 3 is 2.50 bits per heavy atom. The van der Waals surface area contributed by atoms with Crippen LogP contribution in [0.25, 0.3) is 11.0 Å². The third-order valence-electron chi connectivity index (χ3n) is 3.77. The molecule has 0 fully saturated rings. The van der Waals surface area contributed by atoms with E-state index in [0.717, 1.165) is 6.26 Å². The van der Waals surface area contributed by atoms with E-state index in [1.165, 1.54) is 4.57 Å². The van der Waals surface area contributed by atoms with Crippen LogP contribution in [0.1, 0.15) is 26.1 Å². The van der Waals surface area contributed by atoms with Crippen LogP contribution < -0.4 is 5.32 Å². The topological polar surface area (TPSA) is 118 Å². The molecule has 8 nitrogen and oxygen atoms in total. The molecule has 0 radical (unpaired) electrons. The molecule has 0 aliphatic carbocycles. The number of hydrogen-bond acceptors (Lipinski definition) is 5. The first-order valence-electron chi connectivity index (χ1n) is 8.21. The van der Waals surface area contributed by atoms with E-state index < -0.39 is 27.8 Å². The molecule has 2 aromatic rings. The Labute approximate surface area is 152 Å². The van der Waals surface area contributed by atoms with E-state index in [9.17, 15) is 23.1 Å². The summed E-state index contributed by atoms with van der Waals surface area (Å²) in [7, 11) is -3.34. The number of nitrogens with zero attached hydrogens (tertiary/aromatic N) is 2. The molecule has 2 rings (SSSR count). The fourth-order valence-corrected chi connectivity index (χ4v) is 3.41. The summed E-state index contributed by atoms with van der Waals surface area (Å²) in [4.78, 5) is 28.0. The molecule has 1 atom stereocenters. The lowest BCUT2D eigenvalue weighted by Gasteiger charge is -2.17. The van der Waals surface area contributed by atoms with Crippen LogP contribution in [0.15, 0.2) is 24.3 Å². The van der Waals surface area contributed by atoms with Crippen LogP contribution in [0.2, 0.25) is 0 Å². The first kappa shape index (κ1) is 19.9. The Balaban J connectivity index is 2.29. The van der Waals surface area contributed by atoms with Gasteiger partial charge in [0, 0.05) is 6.26 Å². The van der Waals surface area contributed by atoms with Gasteiger partial charge in [-0.2, -0.15) is 0 Å². The first-order chi connectivity index (χ1) is 12.1. The number of nitrogens with one attached hydrogen (secondary N) is 1. The quantitative estimate of drug-likeness (QED) is 0.709. The van der Waals surface area contributed by atoms with Crippen molar-refractivity contribution in [1.29, 1.82) is 0 Å². The molecule has 0 saturated heterocycles. The van der Waals surface area contributed by atoms with Gasteiger partial charge in [-0.1, -0.05) is 26.0 Å². The Kier molecular flexibility index (Phi) is 6.01. The molecule has 1 aromatic carbocycles. The summed E-state index contributed by atoms with van der Waals surface area (Å²) in [5, 5.41) is 11.8. The predicted molar refractivity (Wildman–Crippen MR) is 97.3 cm³/mol. The predicted octanol–water partition coefficient (Wildman–Crippen LogP) is 1.20. The summed E-state index contributed by atoms with van der Waals surface area (Å²) in [6.45, 7) is 3.54. The van der Waals surface area contributed by atoms with Gasteiger partial charge in [-0.3, -0.25) is 4.79 Å². The van der Waals surface area contributed by atoms with E-state index in [0.29, 0.717) is 17.5 Å². The molecule has 1 unspecified atom stereocenters. The van der Waals surface area contributed by atoms with Crippen molar-refractivity contribution < 1.29 is 23.1 Å². The number of imidazole rings is 1. The molecule has 0 saturated carbocycles. The summed E-state index contributed by atoms with van der Waals surface area (Å²) in [5.41, 5.74) is 1.20. The summed E-state index contributed by atoms with van der Waals surface area (Å²) < 4.78 is 24.9. The van der Waals surface area contributed by atoms with Gasteiger partial charge in [0.25, 0.3) is 0 Å². The van der Waals surface area contributed by atoms with Crippen LogP contribution in [-0.4, -0.2) is 47.2 Å². The molecule has 142 valence electrons. The highest BCUT2D eigenvalue weighted by Gasteiger charge is 2.23. The average Bonchev–Trinajstić information content (AvgIpc) is 2.81. The van der Waals surface area contributed by atoms with Crippen LogP contribution in [0.3, 0.4) is 0 Å². The number of carboxylic acids is 1. The lowest BCUT2D eigenvalue weighted by Crippen LogP contribution is -2.43. The summed E-state index contributed by atoms with van der Waals surface area (Å²) in [5.74, 6) is -1.55. The lowest BCUT2D eigenvalue weighted by molar-refractivity contribution is -0.142. The van der Waals surface area contributed by atoms with Crippen molar-refractivity contribution in [1.82, 2.24) is 14.9 Å². The van der Waals surface area contributed by atoms with E-state index in [2.05, 4.69) is 10.3 Å². The van der Waals surface area contributed by atoms with Gasteiger partial charge in [-0.05, 0) is 24.5 Å². The number of benzene rings is 1. The molecule has 9 heteroatoms. The number of aromatic nitrogens is 2. The fourth-order valence-electron chi connectivity index (χ4n) is 2.72. The van der Waals surface area contributed by atoms with Crippen molar-refractivity contribution >= 4 is 32.7 Å². The number of hydrogen-bond donors (Lipinski definition) is 2. The van der Waals surface area contributed by atoms with Crippen molar-refractivity contribution in [2.45, 2.75) is 38.6 Å². The van der Waals surface area contributed by atoms with Crippen molar-refractivity contribution in [3.8, 4) is 0 Å². The highest BCUT2D eigenvalue weighted by molar-refractivity contribution is 7.89. The molecule has 0 aliphatic rings. The first-order valence-corrected chi connectivity index (χ1v) is 10.3. The number of fused-ring (bicyclic) bond motifs is 1. The molecular weight excluding hydrogens is 358 g/mol. The molecule has 1 heterocycles. The third kappa shape index (κ3) is 5.29. The number of carbonyl (C=O) groups is 2. The second-order valence-electron chi connectivity index (χ2n) is 6.76. The number of aliphatic carboxylic acids is 1. The van der Waals surface area contributed by atoms with E-state index >= 15 is 0 Å². The van der Waals surface area contributed by atoms with Gasteiger partial charge in [0.2, 0.25) is 5.91 Å². The Morgan fingerprint density at radius 1 is 1.27 bits per heavy atom. The van der Waals surface area contributed by atoms with Gasteiger partial charge in [0.05, 0.1) is 11.0 Å². The van der Waals surface area contributed by atoms with Crippen molar-refractivity contribution in [3.63, 3.8) is 0 Å². The lowest BCUT2D eigenvalue weighted by atomic mass is 10.0. The zero-order chi connectivity index (χ0) is 19.5. The third-order valence-corrected chi connectivity index (χ3v) is 4.55. The number of para-hydroxylation sites is 2. The summed E-state index contributed by atoms with van der Waals surface area (Å²) in [6.07, 6.45) is 1.40. The normalized spacial score (nSPS) is 13.1. The SMILES string of the molecule is CC(C)CC(NC(=O)Cn1c(CS(C)(=O)=O)nc2ccccc21)C(=O)O. The number of amides is 1. The maximum atomic E-state index is 12.4. The van der Waals surface area contributed by atoms with Gasteiger partial charge < -0.3 is 15.0 Å². The van der Waals surface area contributed by atoms with E-state index in [4.69, 9.17) is 0 Å². The molecule has 0 bridgehead atoms. The van der Waals surface area contributed by atoms with Crippen molar-refractivity contribution in [2.75, 3.05) is 6.26 Å². The summed E-state index contributed by atoms with van der Waals surface area (Å²) in [6, 6.07) is 6.02. The molecule has 1 amide bonds. The van der Waals surface area contributed by atoms with Gasteiger partial charge in [-0.15, -0.1) is 0 Å². The number of sulfone groups is 1. The van der Waals surface area contributed by atoms with Gasteiger partial charge in [0.15, 0.2) is 9.84 Å². The fraction of sp³-hybridized carbons (Fsp3) is 0.471. The van der Waals surface area contributed by atoms with Gasteiger partial charge in [-0.25, -0.2) is 18.2 Å². The van der Waals surface area contributed by atoms with Crippen LogP contribution in [0.5, 0.6) is 0 Å². The van der Waals surface area contributed by atoms with Gasteiger partial charge >= 0.3 is 5.97 Å². The zero-order valence-corrected chi connectivity index (χ0v) is 15.8. The molecule has 0 spiro atoms. The van der Waals surface area contributed by atoms with E-state index in [1.807, 2.05) is 13.8 Å². The van der Waals surface area contributed by atoms with Crippen LogP contribution in [0, 0.1) is 5.92 Å². The van der Waals surface area contributed by atoms with Gasteiger partial charge in [0.1, 0.15) is 24.2 Å². The monoisotopic (exact) mass is 381 g/mol. The number of rotatable bonds is 8. The van der Waals surface area contributed by atoms with Crippen molar-refractivity contribution in [3.05, 3.63) is 30.1 Å². The molecular formula is C17H23N3O5S. The molecule has 2 N–H and O–H groups in total. The molecule has 1 aromatic heterocycles. The molecule has 26 heavy (non-hydrogen) atoms. The minimum atomic E-state index is -3.34. The minimum Gasteiger partial charge on any atom is -0.480 e. The smallest absolute Gasteiger partial charge is 0.326 e. The standard InChI is InChI=1S/C17H23N3O5S/c1-11(2)8-13(17(22)23)19-16(21)9-20-14-7-5-4-6-12(14)18-15(20)10-26(3,24)25/h4-7,11,13H,8-10H2,1-3H3,(H,19,21)(H,22,23). The zero-order valence-electron chi connectivity index (χ0n) is 15.0. The second kappa shape index (κ2) is 7.86. The van der Waals surface area contributed by atoms with Crippen LogP contribution in [-0.2, 0) is 31.7 Å². The number of carbonyl (C=O) groups excluding carboxylic acids is 1. The Bertz CT molecular complexity index is 918. The van der Waals surface area contributed by atoms with Crippen LogP contribution >= 0.6 is 0 Å². The molecule has 0 aliphatic heterocycles. The van der Waals surface area contributed by atoms with E-state index in [-0.39, 0.29) is 24.0 Å². The highest BCUT2D eigenvalue weighted by Crippen LogP contribution is 2.17. The van der Waals surface area contributed by atoms with E-state index in [1.54, 1.807) is 24.3 Å². The van der Waals surface area contributed by atoms with Crippen LogP contribution in [0.4, 0.5) is 0 Å². The Morgan fingerprint density at radius 2 is 1.92 bits per heavy atom. The highest BCUT2D eigenvalue weighted by atomic mass is 32.2. The number of carboxylic acid groups (broad SMARTS) is 1. The van der Waals surface area contributed by atoms with Crippen molar-refractivity contribution in [2.24, 2.45) is 5.92 Å². The Hall–Kier alpha value is -2.42. The minimum absolute atomic E-state index is 0.103. The maximum Gasteiger partial charge on any atom is 0.326 e.